The van der Waals surface area contributed by atoms with E-state index >= 15 is 0 Å². The van der Waals surface area contributed by atoms with Gasteiger partial charge in [0.15, 0.2) is 0 Å². The van der Waals surface area contributed by atoms with Crippen molar-refractivity contribution in [3.05, 3.63) is 95.1 Å². The van der Waals surface area contributed by atoms with Crippen molar-refractivity contribution in [2.75, 3.05) is 17.2 Å². The molecule has 1 heterocycles. The summed E-state index contributed by atoms with van der Waals surface area (Å²) in [6.45, 7) is 3.23. The third-order valence-corrected chi connectivity index (χ3v) is 6.30. The Morgan fingerprint density at radius 1 is 0.967 bits per heavy atom. The number of carbonyl (C=O) groups is 2. The molecule has 1 N–H and O–H groups in total. The summed E-state index contributed by atoms with van der Waals surface area (Å²) in [5, 5.41) is 2.98. The molecular formula is C25H24N2O2S. The maximum absolute atomic E-state index is 12.8. The Bertz CT molecular complexity index is 1060. The Kier molecular flexibility index (Phi) is 6.19. The molecule has 4 rings (SSSR count). The number of thioether (sulfide) groups is 1. The van der Waals surface area contributed by atoms with Crippen LogP contribution in [0.25, 0.3) is 0 Å². The zero-order valence-electron chi connectivity index (χ0n) is 16.9. The summed E-state index contributed by atoms with van der Waals surface area (Å²) in [7, 11) is 0. The van der Waals surface area contributed by atoms with Gasteiger partial charge in [0.25, 0.3) is 5.91 Å². The Hall–Kier alpha value is -3.05. The van der Waals surface area contributed by atoms with Crippen molar-refractivity contribution in [2.45, 2.75) is 24.8 Å². The number of rotatable bonds is 6. The van der Waals surface area contributed by atoms with Crippen molar-refractivity contribution >= 4 is 29.3 Å². The maximum atomic E-state index is 12.8. The minimum Gasteiger partial charge on any atom is -0.348 e. The molecule has 1 aliphatic rings. The summed E-state index contributed by atoms with van der Waals surface area (Å²) in [5.41, 5.74) is 5.07. The van der Waals surface area contributed by atoms with Crippen molar-refractivity contribution in [3.8, 4) is 0 Å². The van der Waals surface area contributed by atoms with Gasteiger partial charge in [-0.25, -0.2) is 0 Å². The Labute approximate surface area is 181 Å². The molecular weight excluding hydrogens is 392 g/mol. The molecule has 30 heavy (non-hydrogen) atoms. The maximum Gasteiger partial charge on any atom is 0.252 e. The second-order valence-corrected chi connectivity index (χ2v) is 8.39. The van der Waals surface area contributed by atoms with Crippen LogP contribution in [0.5, 0.6) is 0 Å². The van der Waals surface area contributed by atoms with Crippen LogP contribution in [0.4, 0.5) is 5.69 Å². The molecule has 3 aromatic carbocycles. The number of anilines is 1. The van der Waals surface area contributed by atoms with E-state index in [-0.39, 0.29) is 11.8 Å². The molecule has 1 aliphatic heterocycles. The number of benzene rings is 3. The van der Waals surface area contributed by atoms with Crippen LogP contribution in [0.3, 0.4) is 0 Å². The normalized spacial score (nSPS) is 12.5. The van der Waals surface area contributed by atoms with E-state index in [9.17, 15) is 9.59 Å². The number of carbonyl (C=O) groups excluding carboxylic acids is 2. The van der Waals surface area contributed by atoms with Crippen LogP contribution in [0.1, 0.15) is 27.0 Å². The molecule has 0 aromatic heterocycles. The van der Waals surface area contributed by atoms with Gasteiger partial charge in [-0.3, -0.25) is 9.59 Å². The lowest BCUT2D eigenvalue weighted by Gasteiger charge is -2.17. The van der Waals surface area contributed by atoms with Gasteiger partial charge in [-0.1, -0.05) is 60.2 Å². The van der Waals surface area contributed by atoms with Crippen LogP contribution in [0.15, 0.2) is 77.7 Å². The lowest BCUT2D eigenvalue weighted by atomic mass is 10.1. The summed E-state index contributed by atoms with van der Waals surface area (Å²) >= 11 is 1.42. The molecule has 0 atom stereocenters. The molecule has 5 heteroatoms. The van der Waals surface area contributed by atoms with Gasteiger partial charge in [0, 0.05) is 23.7 Å². The highest BCUT2D eigenvalue weighted by Gasteiger charge is 2.24. The van der Waals surface area contributed by atoms with E-state index in [1.54, 1.807) is 0 Å². The lowest BCUT2D eigenvalue weighted by Crippen LogP contribution is -2.30. The Morgan fingerprint density at radius 3 is 2.53 bits per heavy atom. The second-order valence-electron chi connectivity index (χ2n) is 7.38. The molecule has 0 saturated carbocycles. The summed E-state index contributed by atoms with van der Waals surface area (Å²) in [4.78, 5) is 28.2. The topological polar surface area (TPSA) is 49.4 Å². The van der Waals surface area contributed by atoms with Crippen LogP contribution in [-0.4, -0.2) is 24.1 Å². The molecule has 0 aliphatic carbocycles. The minimum absolute atomic E-state index is 0.0693. The minimum atomic E-state index is -0.127. The van der Waals surface area contributed by atoms with Gasteiger partial charge in [-0.05, 0) is 42.7 Å². The highest BCUT2D eigenvalue weighted by atomic mass is 32.2. The van der Waals surface area contributed by atoms with Gasteiger partial charge in [0.05, 0.1) is 11.3 Å². The van der Waals surface area contributed by atoms with E-state index in [0.717, 1.165) is 29.1 Å². The highest BCUT2D eigenvalue weighted by Crippen LogP contribution is 2.29. The molecule has 3 aromatic rings. The summed E-state index contributed by atoms with van der Waals surface area (Å²) < 4.78 is 0. The van der Waals surface area contributed by atoms with Crippen molar-refractivity contribution < 1.29 is 9.59 Å². The zero-order valence-corrected chi connectivity index (χ0v) is 17.7. The van der Waals surface area contributed by atoms with E-state index in [0.29, 0.717) is 17.9 Å². The van der Waals surface area contributed by atoms with Crippen LogP contribution in [-0.2, 0) is 17.8 Å². The van der Waals surface area contributed by atoms with Crippen LogP contribution >= 0.6 is 11.8 Å². The third kappa shape index (κ3) is 4.57. The average Bonchev–Trinajstić information content (AvgIpc) is 3.21. The molecule has 0 fully saturated rings. The first-order valence-electron chi connectivity index (χ1n) is 10.1. The first-order valence-corrected chi connectivity index (χ1v) is 11.0. The average molecular weight is 417 g/mol. The fourth-order valence-corrected chi connectivity index (χ4v) is 4.50. The monoisotopic (exact) mass is 416 g/mol. The van der Waals surface area contributed by atoms with Gasteiger partial charge in [0.1, 0.15) is 0 Å². The van der Waals surface area contributed by atoms with Crippen LogP contribution in [0.2, 0.25) is 0 Å². The molecule has 0 saturated heterocycles. The summed E-state index contributed by atoms with van der Waals surface area (Å²) in [6.07, 6.45) is 0.893. The SMILES string of the molecule is Cc1ccc(CNC(=O)c2ccccc2SCC(=O)N2CCc3ccccc32)cc1. The number of para-hydroxylation sites is 1. The quantitative estimate of drug-likeness (QED) is 0.597. The highest BCUT2D eigenvalue weighted by molar-refractivity contribution is 8.00. The van der Waals surface area contributed by atoms with Gasteiger partial charge >= 0.3 is 0 Å². The fourth-order valence-electron chi connectivity index (χ4n) is 3.58. The standard InChI is InChI=1S/C25H24N2O2S/c1-18-10-12-19(13-11-18)16-26-25(29)21-7-3-5-9-23(21)30-17-24(28)27-15-14-20-6-2-4-8-22(20)27/h2-13H,14-17H2,1H3,(H,26,29). The van der Waals surface area contributed by atoms with Gasteiger partial charge in [0.2, 0.25) is 5.91 Å². The van der Waals surface area contributed by atoms with E-state index in [4.69, 9.17) is 0 Å². The van der Waals surface area contributed by atoms with Crippen molar-refractivity contribution in [1.29, 1.82) is 0 Å². The number of aryl methyl sites for hydroxylation is 1. The van der Waals surface area contributed by atoms with Gasteiger partial charge in [-0.15, -0.1) is 11.8 Å². The Morgan fingerprint density at radius 2 is 1.70 bits per heavy atom. The molecule has 0 radical (unpaired) electrons. The summed E-state index contributed by atoms with van der Waals surface area (Å²) in [5.74, 6) is 0.244. The largest absolute Gasteiger partial charge is 0.348 e. The van der Waals surface area contributed by atoms with E-state index in [1.807, 2.05) is 78.6 Å². The molecule has 4 nitrogen and oxygen atoms in total. The van der Waals surface area contributed by atoms with Crippen molar-refractivity contribution in [2.24, 2.45) is 0 Å². The first kappa shape index (κ1) is 20.2. The van der Waals surface area contributed by atoms with Gasteiger partial charge in [-0.2, -0.15) is 0 Å². The Balaban J connectivity index is 1.39. The number of fused-ring (bicyclic) bond motifs is 1. The molecule has 0 spiro atoms. The first-order chi connectivity index (χ1) is 14.6. The van der Waals surface area contributed by atoms with Crippen molar-refractivity contribution in [1.82, 2.24) is 5.32 Å². The number of nitrogens with one attached hydrogen (secondary N) is 1. The van der Waals surface area contributed by atoms with Crippen molar-refractivity contribution in [3.63, 3.8) is 0 Å². The predicted molar refractivity (Wildman–Crippen MR) is 122 cm³/mol. The number of nitrogens with zero attached hydrogens (tertiary/aromatic N) is 1. The number of hydrogen-bond acceptors (Lipinski definition) is 3. The molecule has 0 bridgehead atoms. The molecule has 2 amide bonds. The van der Waals surface area contributed by atoms with E-state index in [2.05, 4.69) is 11.4 Å². The fraction of sp³-hybridized carbons (Fsp3) is 0.200. The lowest BCUT2D eigenvalue weighted by molar-refractivity contribution is -0.116. The predicted octanol–water partition coefficient (Wildman–Crippen LogP) is 4.61. The number of amides is 2. The molecule has 152 valence electrons. The second kappa shape index (κ2) is 9.18. The van der Waals surface area contributed by atoms with Crippen LogP contribution < -0.4 is 10.2 Å². The van der Waals surface area contributed by atoms with E-state index < -0.39 is 0 Å². The third-order valence-electron chi connectivity index (χ3n) is 5.24. The summed E-state index contributed by atoms with van der Waals surface area (Å²) in [6, 6.07) is 23.6. The van der Waals surface area contributed by atoms with Gasteiger partial charge < -0.3 is 10.2 Å². The smallest absolute Gasteiger partial charge is 0.252 e. The zero-order chi connectivity index (χ0) is 20.9. The van der Waals surface area contributed by atoms with Crippen LogP contribution in [0, 0.1) is 6.92 Å². The number of hydrogen-bond donors (Lipinski definition) is 1. The van der Waals surface area contributed by atoms with E-state index in [1.165, 1.54) is 22.9 Å². The molecule has 0 unspecified atom stereocenters.